The van der Waals surface area contributed by atoms with Crippen LogP contribution in [-0.2, 0) is 14.8 Å². The van der Waals surface area contributed by atoms with Crippen molar-refractivity contribution in [2.75, 3.05) is 26.7 Å². The van der Waals surface area contributed by atoms with Crippen LogP contribution in [0.2, 0.25) is 0 Å². The molecule has 1 aromatic rings. The lowest BCUT2D eigenvalue weighted by atomic mass is 9.94. The summed E-state index contributed by atoms with van der Waals surface area (Å²) in [5.74, 6) is 0.550. The highest BCUT2D eigenvalue weighted by Crippen LogP contribution is 2.25. The first-order chi connectivity index (χ1) is 12.9. The van der Waals surface area contributed by atoms with E-state index in [9.17, 15) is 13.2 Å². The summed E-state index contributed by atoms with van der Waals surface area (Å²) in [6.45, 7) is 3.82. The molecule has 2 atom stereocenters. The van der Waals surface area contributed by atoms with Crippen LogP contribution in [0.1, 0.15) is 32.6 Å². The summed E-state index contributed by atoms with van der Waals surface area (Å²) < 4.78 is 32.2. The summed E-state index contributed by atoms with van der Waals surface area (Å²) in [7, 11) is -1.99. The number of carbonyl (C=O) groups is 1. The molecule has 0 spiro atoms. The standard InChI is InChI=1S/C19H29N3O4S.ClH/c1-14-18(4-3-11-20-14)21-19(23)15-9-12-22(13-10-15)27(24,25)17-7-5-16(26-2)6-8-17;/h5-8,14-15,18,20H,3-4,9-13H2,1-2H3,(H,21,23);1H. The average molecular weight is 432 g/mol. The molecule has 2 N–H and O–H groups in total. The second kappa shape index (κ2) is 9.91. The van der Waals surface area contributed by atoms with Gasteiger partial charge in [-0.15, -0.1) is 12.4 Å². The lowest BCUT2D eigenvalue weighted by molar-refractivity contribution is -0.127. The number of hydrogen-bond acceptors (Lipinski definition) is 5. The molecule has 7 nitrogen and oxygen atoms in total. The summed E-state index contributed by atoms with van der Waals surface area (Å²) in [5, 5.41) is 6.54. The number of benzene rings is 1. The number of rotatable bonds is 5. The third-order valence-electron chi connectivity index (χ3n) is 5.61. The van der Waals surface area contributed by atoms with Crippen LogP contribution in [0.5, 0.6) is 5.75 Å². The second-order valence-corrected chi connectivity index (χ2v) is 9.29. The SMILES string of the molecule is COc1ccc(S(=O)(=O)N2CCC(C(=O)NC3CCCNC3C)CC2)cc1.Cl. The maximum Gasteiger partial charge on any atom is 0.243 e. The smallest absolute Gasteiger partial charge is 0.243 e. The Balaban J connectivity index is 0.00000280. The minimum atomic E-state index is -3.54. The van der Waals surface area contributed by atoms with E-state index in [4.69, 9.17) is 4.74 Å². The molecule has 0 aromatic heterocycles. The molecule has 0 radical (unpaired) electrons. The lowest BCUT2D eigenvalue weighted by Crippen LogP contribution is -2.54. The van der Waals surface area contributed by atoms with Crippen molar-refractivity contribution in [1.82, 2.24) is 14.9 Å². The van der Waals surface area contributed by atoms with Gasteiger partial charge in [0, 0.05) is 31.1 Å². The van der Waals surface area contributed by atoms with Crippen molar-refractivity contribution in [3.8, 4) is 5.75 Å². The highest BCUT2D eigenvalue weighted by molar-refractivity contribution is 7.89. The Morgan fingerprint density at radius 3 is 2.39 bits per heavy atom. The molecular formula is C19H30ClN3O4S. The van der Waals surface area contributed by atoms with Gasteiger partial charge in [0.2, 0.25) is 15.9 Å². The first-order valence-corrected chi connectivity index (χ1v) is 11.0. The molecule has 0 aliphatic carbocycles. The number of piperidine rings is 2. The van der Waals surface area contributed by atoms with Gasteiger partial charge in [0.25, 0.3) is 0 Å². The first-order valence-electron chi connectivity index (χ1n) is 9.60. The van der Waals surface area contributed by atoms with Gasteiger partial charge in [-0.2, -0.15) is 4.31 Å². The third kappa shape index (κ3) is 5.17. The predicted octanol–water partition coefficient (Wildman–Crippen LogP) is 1.77. The maximum atomic E-state index is 12.8. The number of ether oxygens (including phenoxy) is 1. The van der Waals surface area contributed by atoms with Crippen molar-refractivity contribution in [2.24, 2.45) is 5.92 Å². The molecule has 9 heteroatoms. The van der Waals surface area contributed by atoms with Crippen LogP contribution in [0.3, 0.4) is 0 Å². The topological polar surface area (TPSA) is 87.7 Å². The summed E-state index contributed by atoms with van der Waals surface area (Å²) in [5.41, 5.74) is 0. The molecule has 2 aliphatic heterocycles. The van der Waals surface area contributed by atoms with Crippen LogP contribution in [-0.4, -0.2) is 57.5 Å². The molecule has 0 bridgehead atoms. The average Bonchev–Trinajstić information content (AvgIpc) is 2.70. The van der Waals surface area contributed by atoms with Crippen LogP contribution in [0.25, 0.3) is 0 Å². The van der Waals surface area contributed by atoms with Crippen LogP contribution in [0, 0.1) is 5.92 Å². The summed E-state index contributed by atoms with van der Waals surface area (Å²) in [6.07, 6.45) is 3.16. The summed E-state index contributed by atoms with van der Waals surface area (Å²) in [6, 6.07) is 6.85. The fourth-order valence-electron chi connectivity index (χ4n) is 3.80. The van der Waals surface area contributed by atoms with Crippen LogP contribution >= 0.6 is 12.4 Å². The molecule has 2 unspecified atom stereocenters. The van der Waals surface area contributed by atoms with Gasteiger partial charge in [-0.05, 0) is 63.4 Å². The lowest BCUT2D eigenvalue weighted by Gasteiger charge is -2.34. The molecule has 0 saturated carbocycles. The van der Waals surface area contributed by atoms with Crippen molar-refractivity contribution in [3.63, 3.8) is 0 Å². The van der Waals surface area contributed by atoms with E-state index < -0.39 is 10.0 Å². The first kappa shape index (κ1) is 22.9. The summed E-state index contributed by atoms with van der Waals surface area (Å²) >= 11 is 0. The van der Waals surface area contributed by atoms with Crippen molar-refractivity contribution >= 4 is 28.3 Å². The van der Waals surface area contributed by atoms with Gasteiger partial charge in [-0.3, -0.25) is 4.79 Å². The largest absolute Gasteiger partial charge is 0.497 e. The van der Waals surface area contributed by atoms with E-state index in [2.05, 4.69) is 17.6 Å². The van der Waals surface area contributed by atoms with Crippen molar-refractivity contribution < 1.29 is 17.9 Å². The zero-order chi connectivity index (χ0) is 19.4. The quantitative estimate of drug-likeness (QED) is 0.741. The van der Waals surface area contributed by atoms with E-state index in [1.165, 1.54) is 4.31 Å². The number of carbonyl (C=O) groups excluding carboxylic acids is 1. The number of nitrogens with zero attached hydrogens (tertiary/aromatic N) is 1. The molecular weight excluding hydrogens is 402 g/mol. The van der Waals surface area contributed by atoms with E-state index in [1.54, 1.807) is 31.4 Å². The van der Waals surface area contributed by atoms with Crippen LogP contribution < -0.4 is 15.4 Å². The zero-order valence-corrected chi connectivity index (χ0v) is 18.0. The molecule has 2 aliphatic rings. The Hall–Kier alpha value is -1.35. The number of nitrogens with one attached hydrogen (secondary N) is 2. The summed E-state index contributed by atoms with van der Waals surface area (Å²) in [4.78, 5) is 12.8. The van der Waals surface area contributed by atoms with Gasteiger partial charge >= 0.3 is 0 Å². The Labute approximate surface area is 173 Å². The van der Waals surface area contributed by atoms with Gasteiger partial charge in [0.15, 0.2) is 0 Å². The van der Waals surface area contributed by atoms with Gasteiger partial charge in [-0.25, -0.2) is 8.42 Å². The van der Waals surface area contributed by atoms with Crippen LogP contribution in [0.4, 0.5) is 0 Å². The van der Waals surface area contributed by atoms with Crippen molar-refractivity contribution in [3.05, 3.63) is 24.3 Å². The van der Waals surface area contributed by atoms with E-state index >= 15 is 0 Å². The van der Waals surface area contributed by atoms with Gasteiger partial charge in [-0.1, -0.05) is 0 Å². The van der Waals surface area contributed by atoms with Crippen LogP contribution in [0.15, 0.2) is 29.2 Å². The minimum absolute atomic E-state index is 0. The molecule has 158 valence electrons. The number of amides is 1. The Morgan fingerprint density at radius 2 is 1.82 bits per heavy atom. The molecule has 2 heterocycles. The van der Waals surface area contributed by atoms with E-state index in [0.717, 1.165) is 19.4 Å². The molecule has 2 fully saturated rings. The fraction of sp³-hybridized carbons (Fsp3) is 0.632. The molecule has 3 rings (SSSR count). The monoisotopic (exact) mass is 431 g/mol. The van der Waals surface area contributed by atoms with E-state index in [0.29, 0.717) is 31.7 Å². The van der Waals surface area contributed by atoms with Gasteiger partial charge in [0.05, 0.1) is 12.0 Å². The molecule has 1 aromatic carbocycles. The van der Waals surface area contributed by atoms with Crippen molar-refractivity contribution in [2.45, 2.75) is 49.6 Å². The third-order valence-corrected chi connectivity index (χ3v) is 7.52. The Morgan fingerprint density at radius 1 is 1.18 bits per heavy atom. The number of hydrogen-bond donors (Lipinski definition) is 2. The highest BCUT2D eigenvalue weighted by Gasteiger charge is 2.33. The minimum Gasteiger partial charge on any atom is -0.497 e. The van der Waals surface area contributed by atoms with Crippen molar-refractivity contribution in [1.29, 1.82) is 0 Å². The van der Waals surface area contributed by atoms with E-state index in [1.807, 2.05) is 0 Å². The Kier molecular flexibility index (Phi) is 8.12. The predicted molar refractivity (Wildman–Crippen MR) is 110 cm³/mol. The van der Waals surface area contributed by atoms with Gasteiger partial charge < -0.3 is 15.4 Å². The van der Waals surface area contributed by atoms with Gasteiger partial charge in [0.1, 0.15) is 5.75 Å². The Bertz CT molecular complexity index is 749. The number of methoxy groups -OCH3 is 1. The molecule has 2 saturated heterocycles. The second-order valence-electron chi connectivity index (χ2n) is 7.35. The molecule has 28 heavy (non-hydrogen) atoms. The highest BCUT2D eigenvalue weighted by atomic mass is 35.5. The maximum absolute atomic E-state index is 12.8. The molecule has 1 amide bonds. The normalized spacial score (nSPS) is 24.2. The fourth-order valence-corrected chi connectivity index (χ4v) is 5.27. The zero-order valence-electron chi connectivity index (χ0n) is 16.4. The number of sulfonamides is 1. The number of halogens is 1. The van der Waals surface area contributed by atoms with E-state index in [-0.39, 0.29) is 41.2 Å².